The molecular formula is C10H11O2. The molecule has 0 aliphatic rings. The number of hydrogen-bond donors (Lipinski definition) is 0. The molecule has 2 heteroatoms. The standard InChI is InChI=1S/C10H11O2/c1-8-3-5-9(6-4-8)7-10(11)12-2/h3-6H,1,7H2,2H3. The molecule has 0 amide bonds. The summed E-state index contributed by atoms with van der Waals surface area (Å²) in [5.74, 6) is -0.216. The quantitative estimate of drug-likeness (QED) is 0.619. The second kappa shape index (κ2) is 3.90. The monoisotopic (exact) mass is 163 g/mol. The van der Waals surface area contributed by atoms with Crippen LogP contribution in [0.25, 0.3) is 0 Å². The minimum Gasteiger partial charge on any atom is -0.469 e. The summed E-state index contributed by atoms with van der Waals surface area (Å²) in [4.78, 5) is 10.8. The van der Waals surface area contributed by atoms with Gasteiger partial charge in [-0.2, -0.15) is 0 Å². The van der Waals surface area contributed by atoms with Crippen LogP contribution in [-0.4, -0.2) is 13.1 Å². The molecular weight excluding hydrogens is 152 g/mol. The summed E-state index contributed by atoms with van der Waals surface area (Å²) in [7, 11) is 1.39. The summed E-state index contributed by atoms with van der Waals surface area (Å²) in [6, 6.07) is 7.50. The lowest BCUT2D eigenvalue weighted by Crippen LogP contribution is -2.03. The van der Waals surface area contributed by atoms with Crippen LogP contribution in [0.5, 0.6) is 0 Å². The van der Waals surface area contributed by atoms with Crippen molar-refractivity contribution in [3.63, 3.8) is 0 Å². The van der Waals surface area contributed by atoms with Gasteiger partial charge in [-0.3, -0.25) is 4.79 Å². The molecule has 0 N–H and O–H groups in total. The van der Waals surface area contributed by atoms with Gasteiger partial charge in [0.25, 0.3) is 0 Å². The van der Waals surface area contributed by atoms with Crippen LogP contribution in [-0.2, 0) is 16.0 Å². The summed E-state index contributed by atoms with van der Waals surface area (Å²) < 4.78 is 4.53. The highest BCUT2D eigenvalue weighted by Gasteiger charge is 2.00. The Morgan fingerprint density at radius 2 is 2.00 bits per heavy atom. The zero-order chi connectivity index (χ0) is 8.97. The van der Waals surface area contributed by atoms with Crippen LogP contribution < -0.4 is 0 Å². The van der Waals surface area contributed by atoms with Gasteiger partial charge in [-0.25, -0.2) is 0 Å². The molecule has 0 bridgehead atoms. The number of carbonyl (C=O) groups excluding carboxylic acids is 1. The molecule has 12 heavy (non-hydrogen) atoms. The first-order valence-electron chi connectivity index (χ1n) is 3.70. The minimum absolute atomic E-state index is 0.216. The molecule has 2 nitrogen and oxygen atoms in total. The van der Waals surface area contributed by atoms with Gasteiger partial charge in [0, 0.05) is 0 Å². The molecule has 1 radical (unpaired) electrons. The predicted octanol–water partition coefficient (Wildman–Crippen LogP) is 1.58. The van der Waals surface area contributed by atoms with E-state index >= 15 is 0 Å². The first-order valence-corrected chi connectivity index (χ1v) is 3.70. The maximum Gasteiger partial charge on any atom is 0.309 e. The van der Waals surface area contributed by atoms with Crippen molar-refractivity contribution < 1.29 is 9.53 Å². The van der Waals surface area contributed by atoms with Crippen molar-refractivity contribution in [1.82, 2.24) is 0 Å². The average Bonchev–Trinajstić information content (AvgIpc) is 2.09. The lowest BCUT2D eigenvalue weighted by molar-refractivity contribution is -0.139. The van der Waals surface area contributed by atoms with Crippen LogP contribution in [0.3, 0.4) is 0 Å². The number of esters is 1. The van der Waals surface area contributed by atoms with Crippen molar-refractivity contribution in [2.45, 2.75) is 6.42 Å². The van der Waals surface area contributed by atoms with Crippen LogP contribution in [0.1, 0.15) is 11.1 Å². The molecule has 0 heterocycles. The van der Waals surface area contributed by atoms with Crippen molar-refractivity contribution in [1.29, 1.82) is 0 Å². The van der Waals surface area contributed by atoms with Gasteiger partial charge in [0.15, 0.2) is 0 Å². The number of methoxy groups -OCH3 is 1. The highest BCUT2D eigenvalue weighted by Crippen LogP contribution is 2.04. The molecule has 0 aliphatic carbocycles. The van der Waals surface area contributed by atoms with Gasteiger partial charge in [-0.1, -0.05) is 24.3 Å². The van der Waals surface area contributed by atoms with E-state index in [-0.39, 0.29) is 5.97 Å². The second-order valence-corrected chi connectivity index (χ2v) is 2.57. The Morgan fingerprint density at radius 1 is 1.42 bits per heavy atom. The fourth-order valence-electron chi connectivity index (χ4n) is 0.896. The summed E-state index contributed by atoms with van der Waals surface area (Å²) in [6.45, 7) is 3.74. The minimum atomic E-state index is -0.216. The maximum atomic E-state index is 10.8. The molecule has 0 atom stereocenters. The SMILES string of the molecule is [CH2]c1ccc(CC(=O)OC)cc1. The van der Waals surface area contributed by atoms with E-state index < -0.39 is 0 Å². The van der Waals surface area contributed by atoms with Crippen molar-refractivity contribution >= 4 is 5.97 Å². The summed E-state index contributed by atoms with van der Waals surface area (Å²) in [5, 5.41) is 0. The average molecular weight is 163 g/mol. The number of ether oxygens (including phenoxy) is 1. The first kappa shape index (κ1) is 8.78. The Morgan fingerprint density at radius 3 is 2.50 bits per heavy atom. The molecule has 0 aliphatic heterocycles. The Labute approximate surface area is 72.2 Å². The van der Waals surface area contributed by atoms with E-state index in [0.717, 1.165) is 11.1 Å². The van der Waals surface area contributed by atoms with Crippen molar-refractivity contribution in [2.75, 3.05) is 7.11 Å². The fraction of sp³-hybridized carbons (Fsp3) is 0.200. The molecule has 1 aromatic carbocycles. The number of rotatable bonds is 2. The predicted molar refractivity (Wildman–Crippen MR) is 46.6 cm³/mol. The van der Waals surface area contributed by atoms with E-state index in [9.17, 15) is 4.79 Å². The van der Waals surface area contributed by atoms with E-state index in [4.69, 9.17) is 0 Å². The van der Waals surface area contributed by atoms with Crippen LogP contribution in [0, 0.1) is 6.92 Å². The Kier molecular flexibility index (Phi) is 2.86. The Balaban J connectivity index is 2.64. The molecule has 1 aromatic rings. The largest absolute Gasteiger partial charge is 0.469 e. The third kappa shape index (κ3) is 2.38. The van der Waals surface area contributed by atoms with Gasteiger partial charge >= 0.3 is 5.97 Å². The molecule has 0 aromatic heterocycles. The van der Waals surface area contributed by atoms with Gasteiger partial charge < -0.3 is 4.74 Å². The molecule has 0 fully saturated rings. The summed E-state index contributed by atoms with van der Waals surface area (Å²) in [5.41, 5.74) is 1.90. The zero-order valence-corrected chi connectivity index (χ0v) is 7.04. The van der Waals surface area contributed by atoms with Crippen LogP contribution in [0.2, 0.25) is 0 Å². The molecule has 0 saturated carbocycles. The van der Waals surface area contributed by atoms with Crippen LogP contribution in [0.15, 0.2) is 24.3 Å². The third-order valence-electron chi connectivity index (χ3n) is 1.60. The lowest BCUT2D eigenvalue weighted by Gasteiger charge is -1.99. The Hall–Kier alpha value is -1.31. The molecule has 0 saturated heterocycles. The maximum absolute atomic E-state index is 10.8. The highest BCUT2D eigenvalue weighted by molar-refractivity contribution is 5.72. The number of hydrogen-bond acceptors (Lipinski definition) is 2. The lowest BCUT2D eigenvalue weighted by atomic mass is 10.1. The van der Waals surface area contributed by atoms with Gasteiger partial charge in [-0.15, -0.1) is 0 Å². The molecule has 1 rings (SSSR count). The summed E-state index contributed by atoms with van der Waals surface area (Å²) >= 11 is 0. The van der Waals surface area contributed by atoms with E-state index in [0.29, 0.717) is 6.42 Å². The zero-order valence-electron chi connectivity index (χ0n) is 7.04. The van der Waals surface area contributed by atoms with E-state index in [1.54, 1.807) is 0 Å². The number of carbonyl (C=O) groups is 1. The molecule has 63 valence electrons. The van der Waals surface area contributed by atoms with E-state index in [1.165, 1.54) is 7.11 Å². The van der Waals surface area contributed by atoms with Gasteiger partial charge in [0.2, 0.25) is 0 Å². The highest BCUT2D eigenvalue weighted by atomic mass is 16.5. The Bertz CT molecular complexity index is 262. The van der Waals surface area contributed by atoms with Crippen LogP contribution in [0.4, 0.5) is 0 Å². The topological polar surface area (TPSA) is 26.3 Å². The summed E-state index contributed by atoms with van der Waals surface area (Å²) in [6.07, 6.45) is 0.330. The van der Waals surface area contributed by atoms with Crippen molar-refractivity contribution in [2.24, 2.45) is 0 Å². The third-order valence-corrected chi connectivity index (χ3v) is 1.60. The number of benzene rings is 1. The van der Waals surface area contributed by atoms with Crippen molar-refractivity contribution in [3.8, 4) is 0 Å². The smallest absolute Gasteiger partial charge is 0.309 e. The second-order valence-electron chi connectivity index (χ2n) is 2.57. The van der Waals surface area contributed by atoms with E-state index in [2.05, 4.69) is 11.7 Å². The van der Waals surface area contributed by atoms with E-state index in [1.807, 2.05) is 24.3 Å². The van der Waals surface area contributed by atoms with Crippen molar-refractivity contribution in [3.05, 3.63) is 42.3 Å². The van der Waals surface area contributed by atoms with Gasteiger partial charge in [0.1, 0.15) is 0 Å². The molecule has 0 unspecified atom stereocenters. The van der Waals surface area contributed by atoms with Gasteiger partial charge in [-0.05, 0) is 18.1 Å². The van der Waals surface area contributed by atoms with Gasteiger partial charge in [0.05, 0.1) is 13.5 Å². The van der Waals surface area contributed by atoms with Crippen LogP contribution >= 0.6 is 0 Å². The normalized spacial score (nSPS) is 9.50. The fourth-order valence-corrected chi connectivity index (χ4v) is 0.896. The first-order chi connectivity index (χ1) is 5.72. The molecule has 0 spiro atoms.